The molecule has 2 aliphatic heterocycles. The quantitative estimate of drug-likeness (QED) is 0.509. The van der Waals surface area contributed by atoms with Gasteiger partial charge in [0.05, 0.1) is 11.6 Å². The van der Waals surface area contributed by atoms with E-state index in [9.17, 15) is 4.79 Å². The minimum Gasteiger partial charge on any atom is -0.424 e. The first-order valence-electron chi connectivity index (χ1n) is 12.0. The lowest BCUT2D eigenvalue weighted by Crippen LogP contribution is -2.55. The number of rotatable bonds is 7. The Labute approximate surface area is 194 Å². The van der Waals surface area contributed by atoms with Crippen molar-refractivity contribution in [3.8, 4) is 0 Å². The van der Waals surface area contributed by atoms with Gasteiger partial charge in [-0.15, -0.1) is 0 Å². The molecule has 0 radical (unpaired) electrons. The second-order valence-electron chi connectivity index (χ2n) is 9.38. The number of oxazole rings is 1. The largest absolute Gasteiger partial charge is 0.424 e. The predicted molar refractivity (Wildman–Crippen MR) is 130 cm³/mol. The van der Waals surface area contributed by atoms with Gasteiger partial charge in [-0.1, -0.05) is 42.8 Å². The van der Waals surface area contributed by atoms with Crippen molar-refractivity contribution in [2.45, 2.75) is 56.3 Å². The van der Waals surface area contributed by atoms with Gasteiger partial charge in [0.15, 0.2) is 5.58 Å². The summed E-state index contributed by atoms with van der Waals surface area (Å²) in [4.78, 5) is 20.4. The highest BCUT2D eigenvalue weighted by molar-refractivity contribution is 6.04. The Hall–Kier alpha value is -2.90. The summed E-state index contributed by atoms with van der Waals surface area (Å²) in [5.74, 6) is -0.0667. The van der Waals surface area contributed by atoms with Crippen LogP contribution in [0.2, 0.25) is 0 Å². The van der Waals surface area contributed by atoms with E-state index in [4.69, 9.17) is 4.42 Å². The van der Waals surface area contributed by atoms with E-state index in [1.165, 1.54) is 19.3 Å². The van der Waals surface area contributed by atoms with Crippen LogP contribution in [0.3, 0.4) is 0 Å². The molecule has 5 rings (SSSR count). The van der Waals surface area contributed by atoms with Crippen molar-refractivity contribution in [2.75, 3.05) is 26.0 Å². The minimum absolute atomic E-state index is 0.000164. The molecule has 1 amide bonds. The van der Waals surface area contributed by atoms with E-state index in [2.05, 4.69) is 45.0 Å². The van der Waals surface area contributed by atoms with Crippen molar-refractivity contribution in [2.24, 2.45) is 0 Å². The third kappa shape index (κ3) is 4.61. The number of benzene rings is 2. The first-order valence-corrected chi connectivity index (χ1v) is 12.0. The van der Waals surface area contributed by atoms with Crippen LogP contribution in [0.1, 0.15) is 54.1 Å². The van der Waals surface area contributed by atoms with Crippen molar-refractivity contribution in [1.29, 1.82) is 0 Å². The maximum Gasteiger partial charge on any atom is 0.296 e. The van der Waals surface area contributed by atoms with Gasteiger partial charge in [-0.3, -0.25) is 4.79 Å². The van der Waals surface area contributed by atoms with Gasteiger partial charge in [0.1, 0.15) is 5.52 Å². The molecule has 2 saturated heterocycles. The SMILES string of the molecule is CNCC(Nc1nc2c(C(=O)NC3CC4CCCC(C3)N4C)cccc2o1)c1ccccc1. The maximum absolute atomic E-state index is 13.2. The highest BCUT2D eigenvalue weighted by Gasteiger charge is 2.36. The van der Waals surface area contributed by atoms with Gasteiger partial charge < -0.3 is 25.3 Å². The number of aromatic nitrogens is 1. The number of hydrogen-bond donors (Lipinski definition) is 3. The summed E-state index contributed by atoms with van der Waals surface area (Å²) in [6, 6.07) is 17.5. The van der Waals surface area contributed by atoms with Gasteiger partial charge in [-0.2, -0.15) is 4.98 Å². The molecule has 2 aliphatic rings. The molecule has 3 unspecified atom stereocenters. The van der Waals surface area contributed by atoms with Gasteiger partial charge in [-0.25, -0.2) is 0 Å². The van der Waals surface area contributed by atoms with Crippen LogP contribution in [0.4, 0.5) is 6.01 Å². The molecule has 3 heterocycles. The molecule has 0 saturated carbocycles. The van der Waals surface area contributed by atoms with Crippen LogP contribution < -0.4 is 16.0 Å². The number of anilines is 1. The molecule has 7 heteroatoms. The van der Waals surface area contributed by atoms with Crippen molar-refractivity contribution < 1.29 is 9.21 Å². The monoisotopic (exact) mass is 447 g/mol. The number of hydrogen-bond acceptors (Lipinski definition) is 6. The molecule has 33 heavy (non-hydrogen) atoms. The Morgan fingerprint density at radius 1 is 1.12 bits per heavy atom. The molecule has 3 atom stereocenters. The summed E-state index contributed by atoms with van der Waals surface area (Å²) in [7, 11) is 4.15. The summed E-state index contributed by atoms with van der Waals surface area (Å²) in [5, 5.41) is 9.90. The zero-order valence-corrected chi connectivity index (χ0v) is 19.4. The summed E-state index contributed by atoms with van der Waals surface area (Å²) < 4.78 is 5.99. The molecular weight excluding hydrogens is 414 g/mol. The van der Waals surface area contributed by atoms with E-state index in [-0.39, 0.29) is 18.0 Å². The fourth-order valence-corrected chi connectivity index (χ4v) is 5.48. The van der Waals surface area contributed by atoms with Gasteiger partial charge in [0, 0.05) is 24.7 Å². The summed E-state index contributed by atoms with van der Waals surface area (Å²) in [5.41, 5.74) is 2.92. The van der Waals surface area contributed by atoms with Gasteiger partial charge in [0.2, 0.25) is 0 Å². The Kier molecular flexibility index (Phi) is 6.33. The van der Waals surface area contributed by atoms with Gasteiger partial charge in [-0.05, 0) is 57.5 Å². The summed E-state index contributed by atoms with van der Waals surface area (Å²) in [6.07, 6.45) is 5.78. The number of carbonyl (C=O) groups excluding carboxylic acids is 1. The number of nitrogens with one attached hydrogen (secondary N) is 3. The van der Waals surface area contributed by atoms with Crippen molar-refractivity contribution >= 4 is 23.0 Å². The lowest BCUT2D eigenvalue weighted by molar-refractivity contribution is 0.0463. The van der Waals surface area contributed by atoms with E-state index < -0.39 is 0 Å². The first kappa shape index (κ1) is 21.9. The fourth-order valence-electron chi connectivity index (χ4n) is 5.48. The van der Waals surface area contributed by atoms with Gasteiger partial charge >= 0.3 is 0 Å². The smallest absolute Gasteiger partial charge is 0.296 e. The average molecular weight is 448 g/mol. The molecule has 174 valence electrons. The van der Waals surface area contributed by atoms with Crippen molar-refractivity contribution in [3.63, 3.8) is 0 Å². The highest BCUT2D eigenvalue weighted by atomic mass is 16.4. The number of para-hydroxylation sites is 1. The fraction of sp³-hybridized carbons (Fsp3) is 0.462. The zero-order chi connectivity index (χ0) is 22.8. The van der Waals surface area contributed by atoms with Crippen LogP contribution in [0.25, 0.3) is 11.1 Å². The lowest BCUT2D eigenvalue weighted by atomic mass is 9.82. The lowest BCUT2D eigenvalue weighted by Gasteiger charge is -2.47. The third-order valence-corrected chi connectivity index (χ3v) is 7.25. The van der Waals surface area contributed by atoms with Crippen LogP contribution in [0.15, 0.2) is 52.9 Å². The Morgan fingerprint density at radius 3 is 2.61 bits per heavy atom. The van der Waals surface area contributed by atoms with Crippen LogP contribution in [-0.4, -0.2) is 54.6 Å². The van der Waals surface area contributed by atoms with E-state index >= 15 is 0 Å². The number of fused-ring (bicyclic) bond motifs is 3. The second kappa shape index (κ2) is 9.53. The Morgan fingerprint density at radius 2 is 1.88 bits per heavy atom. The molecule has 7 nitrogen and oxygen atoms in total. The molecule has 1 aromatic heterocycles. The molecular formula is C26H33N5O2. The van der Waals surface area contributed by atoms with Crippen LogP contribution in [0, 0.1) is 0 Å². The Bertz CT molecular complexity index is 1080. The van der Waals surface area contributed by atoms with Crippen LogP contribution >= 0.6 is 0 Å². The zero-order valence-electron chi connectivity index (χ0n) is 19.4. The van der Waals surface area contributed by atoms with Gasteiger partial charge in [0.25, 0.3) is 11.9 Å². The third-order valence-electron chi connectivity index (χ3n) is 7.25. The van der Waals surface area contributed by atoms with E-state index in [1.807, 2.05) is 43.4 Å². The highest BCUT2D eigenvalue weighted by Crippen LogP contribution is 2.33. The van der Waals surface area contributed by atoms with Crippen LogP contribution in [-0.2, 0) is 0 Å². The molecule has 2 bridgehead atoms. The normalized spacial score (nSPS) is 23.9. The summed E-state index contributed by atoms with van der Waals surface area (Å²) >= 11 is 0. The molecule has 2 fully saturated rings. The molecule has 0 spiro atoms. The van der Waals surface area contributed by atoms with Crippen molar-refractivity contribution in [3.05, 3.63) is 59.7 Å². The molecule has 2 aromatic carbocycles. The van der Waals surface area contributed by atoms with Crippen LogP contribution in [0.5, 0.6) is 0 Å². The molecule has 0 aliphatic carbocycles. The van der Waals surface area contributed by atoms with E-state index in [0.717, 1.165) is 18.4 Å². The number of nitrogens with zero attached hydrogens (tertiary/aromatic N) is 2. The maximum atomic E-state index is 13.2. The molecule has 3 aromatic rings. The number of likely N-dealkylation sites (N-methyl/N-ethyl adjacent to an activating group) is 1. The first-order chi connectivity index (χ1) is 16.1. The Balaban J connectivity index is 1.34. The topological polar surface area (TPSA) is 82.4 Å². The van der Waals surface area contributed by atoms with E-state index in [0.29, 0.717) is 41.3 Å². The van der Waals surface area contributed by atoms with E-state index in [1.54, 1.807) is 0 Å². The average Bonchev–Trinajstić information content (AvgIpc) is 3.22. The predicted octanol–water partition coefficient (Wildman–Crippen LogP) is 3.95. The second-order valence-corrected chi connectivity index (χ2v) is 9.38. The summed E-state index contributed by atoms with van der Waals surface area (Å²) in [6.45, 7) is 0.717. The number of piperidine rings is 2. The minimum atomic E-state index is -0.0667. The number of carbonyl (C=O) groups is 1. The molecule has 3 N–H and O–H groups in total. The standard InChI is InChI=1S/C26H33N5O2/c1-27-16-22(17-8-4-3-5-9-17)29-26-30-24-21(12-7-13-23(24)33-26)25(32)28-18-14-19-10-6-11-20(15-18)31(19)2/h3-5,7-9,12-13,18-20,22,27H,6,10-11,14-16H2,1-2H3,(H,28,32)(H,29,30). The number of amides is 1. The van der Waals surface area contributed by atoms with Crippen molar-refractivity contribution in [1.82, 2.24) is 20.5 Å².